The molecule has 4 rings (SSSR count). The molecule has 3 aromatic carbocycles. The van der Waals surface area contributed by atoms with E-state index in [1.54, 1.807) is 0 Å². The monoisotopic (exact) mass is 608 g/mol. The van der Waals surface area contributed by atoms with Crippen molar-refractivity contribution in [3.8, 4) is 0 Å². The SMILES string of the molecule is CC.CC1CCNC1CCNC(=O)c1cc(C(=O)N[C@H](C)c2ccccc2)cc(N(C)S(C)(=O)=O)c1.Cc1ccccc1. The van der Waals surface area contributed by atoms with Crippen molar-refractivity contribution in [3.63, 3.8) is 0 Å². The van der Waals surface area contributed by atoms with E-state index in [-0.39, 0.29) is 28.8 Å². The van der Waals surface area contributed by atoms with Crippen LogP contribution in [0.4, 0.5) is 5.69 Å². The van der Waals surface area contributed by atoms with Crippen molar-refractivity contribution in [1.82, 2.24) is 16.0 Å². The van der Waals surface area contributed by atoms with E-state index in [1.165, 1.54) is 30.8 Å². The minimum atomic E-state index is -3.58. The number of hydrogen-bond donors (Lipinski definition) is 3. The Bertz CT molecular complexity index is 1400. The Morgan fingerprint density at radius 3 is 2.00 bits per heavy atom. The van der Waals surface area contributed by atoms with E-state index in [0.717, 1.165) is 35.5 Å². The zero-order valence-electron chi connectivity index (χ0n) is 26.6. The maximum atomic E-state index is 13.0. The number of carbonyl (C=O) groups excluding carboxylic acids is 2. The molecular weight excluding hydrogens is 560 g/mol. The summed E-state index contributed by atoms with van der Waals surface area (Å²) in [4.78, 5) is 25.9. The van der Waals surface area contributed by atoms with Crippen LogP contribution in [0.2, 0.25) is 0 Å². The second-order valence-electron chi connectivity index (χ2n) is 10.6. The number of anilines is 1. The van der Waals surface area contributed by atoms with Gasteiger partial charge < -0.3 is 16.0 Å². The van der Waals surface area contributed by atoms with Gasteiger partial charge in [-0.3, -0.25) is 13.9 Å². The Labute approximate surface area is 258 Å². The number of amides is 2. The van der Waals surface area contributed by atoms with Gasteiger partial charge in [0.15, 0.2) is 0 Å². The van der Waals surface area contributed by atoms with E-state index in [0.29, 0.717) is 18.5 Å². The number of carbonyl (C=O) groups is 2. The number of sulfonamides is 1. The molecule has 1 saturated heterocycles. The molecule has 0 spiro atoms. The van der Waals surface area contributed by atoms with Crippen LogP contribution in [0.1, 0.15) is 78.4 Å². The molecule has 43 heavy (non-hydrogen) atoms. The summed E-state index contributed by atoms with van der Waals surface area (Å²) in [5.41, 5.74) is 2.96. The fourth-order valence-corrected chi connectivity index (χ4v) is 5.10. The van der Waals surface area contributed by atoms with Crippen molar-refractivity contribution in [2.75, 3.05) is 30.7 Å². The molecule has 0 saturated carbocycles. The molecular formula is C34H48N4O4S. The summed E-state index contributed by atoms with van der Waals surface area (Å²) in [6, 6.07) is 24.3. The van der Waals surface area contributed by atoms with Crippen molar-refractivity contribution in [2.24, 2.45) is 5.92 Å². The van der Waals surface area contributed by atoms with Gasteiger partial charge in [-0.25, -0.2) is 8.42 Å². The van der Waals surface area contributed by atoms with Gasteiger partial charge in [0.05, 0.1) is 18.0 Å². The van der Waals surface area contributed by atoms with Crippen LogP contribution in [0.5, 0.6) is 0 Å². The van der Waals surface area contributed by atoms with Gasteiger partial charge in [0.25, 0.3) is 11.8 Å². The first-order valence-electron chi connectivity index (χ1n) is 14.9. The number of nitrogens with one attached hydrogen (secondary N) is 3. The first-order valence-corrected chi connectivity index (χ1v) is 16.8. The smallest absolute Gasteiger partial charge is 0.251 e. The quantitative estimate of drug-likeness (QED) is 0.288. The Kier molecular flexibility index (Phi) is 14.4. The lowest BCUT2D eigenvalue weighted by molar-refractivity contribution is 0.0940. The summed E-state index contributed by atoms with van der Waals surface area (Å²) in [6.07, 6.45) is 3.00. The molecule has 3 aromatic rings. The molecule has 0 bridgehead atoms. The Balaban J connectivity index is 0.000000619. The van der Waals surface area contributed by atoms with Gasteiger partial charge >= 0.3 is 0 Å². The number of rotatable bonds is 9. The number of aryl methyl sites for hydroxylation is 1. The lowest BCUT2D eigenvalue weighted by Gasteiger charge is -2.20. The Morgan fingerprint density at radius 1 is 0.953 bits per heavy atom. The molecule has 3 N–H and O–H groups in total. The zero-order valence-corrected chi connectivity index (χ0v) is 27.4. The van der Waals surface area contributed by atoms with Crippen molar-refractivity contribution >= 4 is 27.5 Å². The molecule has 3 atom stereocenters. The van der Waals surface area contributed by atoms with Crippen molar-refractivity contribution in [2.45, 2.75) is 59.5 Å². The largest absolute Gasteiger partial charge is 0.352 e. The van der Waals surface area contributed by atoms with Gasteiger partial charge in [-0.05, 0) is 62.9 Å². The average molecular weight is 609 g/mol. The first-order chi connectivity index (χ1) is 20.5. The van der Waals surface area contributed by atoms with E-state index in [1.807, 2.05) is 69.3 Å². The summed E-state index contributed by atoms with van der Waals surface area (Å²) in [7, 11) is -2.18. The summed E-state index contributed by atoms with van der Waals surface area (Å²) in [6.45, 7) is 11.6. The highest BCUT2D eigenvalue weighted by atomic mass is 32.2. The average Bonchev–Trinajstić information content (AvgIpc) is 3.42. The minimum absolute atomic E-state index is 0.215. The van der Waals surface area contributed by atoms with E-state index < -0.39 is 15.9 Å². The summed E-state index contributed by atoms with van der Waals surface area (Å²) in [5, 5.41) is 9.27. The maximum Gasteiger partial charge on any atom is 0.251 e. The van der Waals surface area contributed by atoms with E-state index in [2.05, 4.69) is 41.9 Å². The highest BCUT2D eigenvalue weighted by Gasteiger charge is 2.23. The van der Waals surface area contributed by atoms with Crippen LogP contribution in [-0.2, 0) is 10.0 Å². The van der Waals surface area contributed by atoms with Crippen LogP contribution < -0.4 is 20.3 Å². The second kappa shape index (κ2) is 17.4. The number of benzene rings is 3. The molecule has 8 nitrogen and oxygen atoms in total. The first kappa shape index (κ1) is 35.5. The van der Waals surface area contributed by atoms with Gasteiger partial charge in [0.2, 0.25) is 10.0 Å². The van der Waals surface area contributed by atoms with Crippen LogP contribution in [0.3, 0.4) is 0 Å². The van der Waals surface area contributed by atoms with Crippen LogP contribution in [0, 0.1) is 12.8 Å². The van der Waals surface area contributed by atoms with Crippen molar-refractivity contribution < 1.29 is 18.0 Å². The van der Waals surface area contributed by atoms with Gasteiger partial charge in [-0.1, -0.05) is 87.0 Å². The molecule has 2 unspecified atom stereocenters. The highest BCUT2D eigenvalue weighted by molar-refractivity contribution is 7.92. The third-order valence-electron chi connectivity index (χ3n) is 7.32. The van der Waals surface area contributed by atoms with Crippen LogP contribution in [0.25, 0.3) is 0 Å². The molecule has 1 fully saturated rings. The fraction of sp³-hybridized carbons (Fsp3) is 0.412. The van der Waals surface area contributed by atoms with E-state index in [9.17, 15) is 18.0 Å². The van der Waals surface area contributed by atoms with Gasteiger partial charge in [0, 0.05) is 30.8 Å². The lowest BCUT2D eigenvalue weighted by atomic mass is 10.0. The van der Waals surface area contributed by atoms with Crippen LogP contribution in [-0.4, -0.2) is 52.7 Å². The Morgan fingerprint density at radius 2 is 1.51 bits per heavy atom. The molecule has 1 aliphatic rings. The van der Waals surface area contributed by atoms with E-state index in [4.69, 9.17) is 0 Å². The number of nitrogens with zero attached hydrogens (tertiary/aromatic N) is 1. The van der Waals surface area contributed by atoms with Gasteiger partial charge in [0.1, 0.15) is 0 Å². The molecule has 1 aliphatic heterocycles. The molecule has 1 heterocycles. The normalized spacial score (nSPS) is 16.4. The molecule has 234 valence electrons. The van der Waals surface area contributed by atoms with Crippen LogP contribution >= 0.6 is 0 Å². The van der Waals surface area contributed by atoms with Gasteiger partial charge in [-0.15, -0.1) is 0 Å². The number of hydrogen-bond acceptors (Lipinski definition) is 5. The molecule has 2 amide bonds. The zero-order chi connectivity index (χ0) is 32.0. The van der Waals surface area contributed by atoms with Crippen molar-refractivity contribution in [3.05, 3.63) is 101 Å². The lowest BCUT2D eigenvalue weighted by Crippen LogP contribution is -2.33. The molecule has 0 radical (unpaired) electrons. The van der Waals surface area contributed by atoms with Gasteiger partial charge in [-0.2, -0.15) is 0 Å². The predicted molar refractivity (Wildman–Crippen MR) is 177 cm³/mol. The third kappa shape index (κ3) is 11.5. The molecule has 0 aromatic heterocycles. The molecule has 0 aliphatic carbocycles. The standard InChI is InChI=1S/C25H34N4O4S.C7H8.C2H6/c1-17-10-12-26-23(17)11-13-27-24(30)20-14-21(16-22(15-20)29(3)34(4,32)33)25(31)28-18(2)19-8-6-5-7-9-19;1-7-5-3-2-4-6-7;1-2/h5-9,14-18,23,26H,10-13H2,1-4H3,(H,27,30)(H,28,31);2-6H,1H3;1-2H3/t17?,18-,23?;;/m1../s1. The fourth-order valence-electron chi connectivity index (χ4n) is 4.61. The highest BCUT2D eigenvalue weighted by Crippen LogP contribution is 2.22. The van der Waals surface area contributed by atoms with Crippen molar-refractivity contribution in [1.29, 1.82) is 0 Å². The van der Waals surface area contributed by atoms with Crippen LogP contribution in [0.15, 0.2) is 78.9 Å². The topological polar surface area (TPSA) is 108 Å². The summed E-state index contributed by atoms with van der Waals surface area (Å²) in [5.74, 6) is -0.178. The molecule has 9 heteroatoms. The summed E-state index contributed by atoms with van der Waals surface area (Å²) >= 11 is 0. The minimum Gasteiger partial charge on any atom is -0.352 e. The van der Waals surface area contributed by atoms with E-state index >= 15 is 0 Å². The predicted octanol–water partition coefficient (Wildman–Crippen LogP) is 5.71. The Hall–Kier alpha value is -3.69. The third-order valence-corrected chi connectivity index (χ3v) is 8.53. The summed E-state index contributed by atoms with van der Waals surface area (Å²) < 4.78 is 25.3. The second-order valence-corrected chi connectivity index (χ2v) is 12.6. The maximum absolute atomic E-state index is 13.0.